The van der Waals surface area contributed by atoms with Gasteiger partial charge in [0.15, 0.2) is 0 Å². The molecule has 94 valence electrons. The number of aryl methyl sites for hydroxylation is 1. The molecule has 2 rings (SSSR count). The predicted octanol–water partition coefficient (Wildman–Crippen LogP) is 0.620. The van der Waals surface area contributed by atoms with Crippen molar-refractivity contribution in [3.05, 3.63) is 18.0 Å². The van der Waals surface area contributed by atoms with Crippen LogP contribution in [0.15, 0.2) is 12.3 Å². The molecule has 0 saturated carbocycles. The molecule has 1 aromatic heterocycles. The molecule has 0 unspecified atom stereocenters. The van der Waals surface area contributed by atoms with Gasteiger partial charge in [-0.15, -0.1) is 0 Å². The maximum absolute atomic E-state index is 12.4. The summed E-state index contributed by atoms with van der Waals surface area (Å²) in [6.45, 7) is 3.50. The van der Waals surface area contributed by atoms with Gasteiger partial charge < -0.3 is 10.6 Å². The van der Waals surface area contributed by atoms with Gasteiger partial charge in [0.05, 0.1) is 0 Å². The van der Waals surface area contributed by atoms with Crippen molar-refractivity contribution in [3.8, 4) is 0 Å². The van der Waals surface area contributed by atoms with Gasteiger partial charge in [0.25, 0.3) is 5.91 Å². The molecule has 1 aliphatic heterocycles. The van der Waals surface area contributed by atoms with Crippen LogP contribution in [0, 0.1) is 5.92 Å². The van der Waals surface area contributed by atoms with Gasteiger partial charge in [-0.2, -0.15) is 5.10 Å². The number of nitrogens with two attached hydrogens (primary N) is 1. The quantitative estimate of drug-likeness (QED) is 0.818. The zero-order chi connectivity index (χ0) is 12.4. The summed E-state index contributed by atoms with van der Waals surface area (Å²) in [5.74, 6) is 0.526. The first kappa shape index (κ1) is 12.1. The largest absolute Gasteiger partial charge is 0.333 e. The van der Waals surface area contributed by atoms with Crippen LogP contribution in [0.4, 0.5) is 0 Å². The van der Waals surface area contributed by atoms with Crippen molar-refractivity contribution in [1.29, 1.82) is 0 Å². The maximum Gasteiger partial charge on any atom is 0.272 e. The molecule has 0 aromatic carbocycles. The third kappa shape index (κ3) is 2.20. The molecule has 1 aromatic rings. The van der Waals surface area contributed by atoms with E-state index in [9.17, 15) is 4.79 Å². The van der Waals surface area contributed by atoms with E-state index in [1.54, 1.807) is 24.0 Å². The minimum absolute atomic E-state index is 0.0481. The highest BCUT2D eigenvalue weighted by atomic mass is 16.2. The van der Waals surface area contributed by atoms with Gasteiger partial charge in [-0.1, -0.05) is 6.92 Å². The Balaban J connectivity index is 2.21. The minimum Gasteiger partial charge on any atom is -0.333 e. The first-order chi connectivity index (χ1) is 8.15. The van der Waals surface area contributed by atoms with Gasteiger partial charge in [-0.25, -0.2) is 0 Å². The highest BCUT2D eigenvalue weighted by Crippen LogP contribution is 2.24. The third-order valence-electron chi connectivity index (χ3n) is 3.66. The molecule has 0 spiro atoms. The van der Waals surface area contributed by atoms with E-state index in [0.29, 0.717) is 18.2 Å². The second-order valence-corrected chi connectivity index (χ2v) is 4.76. The molecule has 17 heavy (non-hydrogen) atoms. The number of likely N-dealkylation sites (tertiary alicyclic amines) is 1. The number of hydrogen-bond donors (Lipinski definition) is 1. The molecule has 1 amide bonds. The maximum atomic E-state index is 12.4. The summed E-state index contributed by atoms with van der Waals surface area (Å²) in [5, 5.41) is 4.04. The zero-order valence-electron chi connectivity index (χ0n) is 10.5. The van der Waals surface area contributed by atoms with E-state index in [-0.39, 0.29) is 11.9 Å². The van der Waals surface area contributed by atoms with Crippen LogP contribution >= 0.6 is 0 Å². The first-order valence-corrected chi connectivity index (χ1v) is 6.14. The molecule has 5 nitrogen and oxygen atoms in total. The Kier molecular flexibility index (Phi) is 3.47. The second kappa shape index (κ2) is 4.87. The van der Waals surface area contributed by atoms with E-state index in [1.165, 1.54) is 0 Å². The Morgan fingerprint density at radius 2 is 2.41 bits per heavy atom. The van der Waals surface area contributed by atoms with E-state index in [1.807, 2.05) is 4.90 Å². The Bertz CT molecular complexity index is 401. The average Bonchev–Trinajstić information content (AvgIpc) is 2.74. The molecule has 1 saturated heterocycles. The molecular formula is C12H20N4O. The van der Waals surface area contributed by atoms with Gasteiger partial charge in [-0.3, -0.25) is 9.48 Å². The molecule has 0 bridgehead atoms. The van der Waals surface area contributed by atoms with Crippen LogP contribution in [0.2, 0.25) is 0 Å². The van der Waals surface area contributed by atoms with Gasteiger partial charge in [0.1, 0.15) is 5.69 Å². The number of hydrogen-bond acceptors (Lipinski definition) is 3. The van der Waals surface area contributed by atoms with Crippen LogP contribution in [-0.4, -0.2) is 39.7 Å². The smallest absolute Gasteiger partial charge is 0.272 e. The lowest BCUT2D eigenvalue weighted by atomic mass is 9.90. The van der Waals surface area contributed by atoms with E-state index in [0.717, 1.165) is 19.4 Å². The Hall–Kier alpha value is -1.36. The summed E-state index contributed by atoms with van der Waals surface area (Å²) in [6.07, 6.45) is 3.86. The van der Waals surface area contributed by atoms with Crippen LogP contribution < -0.4 is 5.73 Å². The minimum atomic E-state index is 0.0481. The fourth-order valence-corrected chi connectivity index (χ4v) is 2.59. The van der Waals surface area contributed by atoms with Crippen molar-refractivity contribution in [1.82, 2.24) is 14.7 Å². The Morgan fingerprint density at radius 1 is 1.65 bits per heavy atom. The molecule has 0 aliphatic carbocycles. The van der Waals surface area contributed by atoms with Gasteiger partial charge in [-0.05, 0) is 24.8 Å². The van der Waals surface area contributed by atoms with Crippen molar-refractivity contribution in [2.75, 3.05) is 13.1 Å². The number of amides is 1. The first-order valence-electron chi connectivity index (χ1n) is 6.14. The Labute approximate surface area is 102 Å². The summed E-state index contributed by atoms with van der Waals surface area (Å²) >= 11 is 0. The molecule has 1 aliphatic rings. The molecule has 2 atom stereocenters. The molecule has 2 N–H and O–H groups in total. The standard InChI is InChI=1S/C12H20N4O/c1-9-4-3-7-16(11(9)8-13)12(17)10-5-6-14-15(10)2/h5-6,9,11H,3-4,7-8,13H2,1-2H3/t9-,11-/m0/s1. The van der Waals surface area contributed by atoms with Crippen molar-refractivity contribution < 1.29 is 4.79 Å². The van der Waals surface area contributed by atoms with E-state index < -0.39 is 0 Å². The second-order valence-electron chi connectivity index (χ2n) is 4.76. The van der Waals surface area contributed by atoms with E-state index in [2.05, 4.69) is 12.0 Å². The number of aromatic nitrogens is 2. The van der Waals surface area contributed by atoms with Crippen LogP contribution in [0.5, 0.6) is 0 Å². The molecule has 5 heteroatoms. The van der Waals surface area contributed by atoms with Gasteiger partial charge in [0, 0.05) is 32.4 Å². The summed E-state index contributed by atoms with van der Waals surface area (Å²) in [4.78, 5) is 14.3. The van der Waals surface area contributed by atoms with Crippen LogP contribution in [0.1, 0.15) is 30.3 Å². The van der Waals surface area contributed by atoms with Crippen molar-refractivity contribution in [2.45, 2.75) is 25.8 Å². The lowest BCUT2D eigenvalue weighted by molar-refractivity contribution is 0.0521. The monoisotopic (exact) mass is 236 g/mol. The summed E-state index contributed by atoms with van der Waals surface area (Å²) in [7, 11) is 1.79. The van der Waals surface area contributed by atoms with Crippen molar-refractivity contribution >= 4 is 5.91 Å². The number of nitrogens with zero attached hydrogens (tertiary/aromatic N) is 3. The lowest BCUT2D eigenvalue weighted by Crippen LogP contribution is -2.51. The zero-order valence-corrected chi connectivity index (χ0v) is 10.5. The molecular weight excluding hydrogens is 216 g/mol. The number of piperidine rings is 1. The van der Waals surface area contributed by atoms with Crippen LogP contribution in [0.3, 0.4) is 0 Å². The van der Waals surface area contributed by atoms with Crippen LogP contribution in [0.25, 0.3) is 0 Å². The topological polar surface area (TPSA) is 64.2 Å². The summed E-state index contributed by atoms with van der Waals surface area (Å²) in [5.41, 5.74) is 6.43. The fourth-order valence-electron chi connectivity index (χ4n) is 2.59. The Morgan fingerprint density at radius 3 is 3.00 bits per heavy atom. The average molecular weight is 236 g/mol. The number of rotatable bonds is 2. The van der Waals surface area contributed by atoms with E-state index in [4.69, 9.17) is 5.73 Å². The SMILES string of the molecule is C[C@H]1CCCN(C(=O)c2ccnn2C)[C@H]1CN. The summed E-state index contributed by atoms with van der Waals surface area (Å²) in [6, 6.07) is 1.92. The molecule has 1 fully saturated rings. The number of carbonyl (C=O) groups excluding carboxylic acids is 1. The van der Waals surface area contributed by atoms with Gasteiger partial charge in [0.2, 0.25) is 0 Å². The predicted molar refractivity (Wildman–Crippen MR) is 65.5 cm³/mol. The van der Waals surface area contributed by atoms with Crippen molar-refractivity contribution in [3.63, 3.8) is 0 Å². The normalized spacial score (nSPS) is 25.0. The molecule has 2 heterocycles. The van der Waals surface area contributed by atoms with E-state index >= 15 is 0 Å². The van der Waals surface area contributed by atoms with Crippen molar-refractivity contribution in [2.24, 2.45) is 18.7 Å². The van der Waals surface area contributed by atoms with Crippen LogP contribution in [-0.2, 0) is 7.05 Å². The fraction of sp³-hybridized carbons (Fsp3) is 0.667. The lowest BCUT2D eigenvalue weighted by Gasteiger charge is -2.39. The number of carbonyl (C=O) groups is 1. The van der Waals surface area contributed by atoms with Gasteiger partial charge >= 0.3 is 0 Å². The highest BCUT2D eigenvalue weighted by molar-refractivity contribution is 5.92. The summed E-state index contributed by atoms with van der Waals surface area (Å²) < 4.78 is 1.62. The third-order valence-corrected chi connectivity index (χ3v) is 3.66. The highest BCUT2D eigenvalue weighted by Gasteiger charge is 2.32. The molecule has 0 radical (unpaired) electrons.